The highest BCUT2D eigenvalue weighted by molar-refractivity contribution is 5.77. The van der Waals surface area contributed by atoms with Crippen molar-refractivity contribution in [2.45, 2.75) is 90.9 Å². The van der Waals surface area contributed by atoms with Gasteiger partial charge in [-0.05, 0) is 128 Å². The van der Waals surface area contributed by atoms with Crippen LogP contribution in [0.3, 0.4) is 0 Å². The van der Waals surface area contributed by atoms with Crippen LogP contribution in [0, 0.1) is 0 Å². The van der Waals surface area contributed by atoms with E-state index >= 15 is 0 Å². The first-order valence-corrected chi connectivity index (χ1v) is 20.3. The van der Waals surface area contributed by atoms with Gasteiger partial charge in [0.15, 0.2) is 0 Å². The molecular weight excluding hydrogens is 675 g/mol. The van der Waals surface area contributed by atoms with Gasteiger partial charge < -0.3 is 0 Å². The molecule has 0 atom stereocenters. The molecule has 5 aromatic carbocycles. The third kappa shape index (κ3) is 10.8. The predicted octanol–water partition coefficient (Wildman–Crippen LogP) is 14.1. The van der Waals surface area contributed by atoms with Gasteiger partial charge in [-0.3, -0.25) is 4.98 Å². The van der Waals surface area contributed by atoms with Crippen LogP contribution in [-0.4, -0.2) is 4.98 Å². The van der Waals surface area contributed by atoms with Gasteiger partial charge in [0.05, 0.1) is 5.69 Å². The fourth-order valence-corrected chi connectivity index (χ4v) is 7.40. The number of pyridine rings is 1. The predicted molar refractivity (Wildman–Crippen MR) is 242 cm³/mol. The number of hydrogen-bond donors (Lipinski definition) is 0. The largest absolute Gasteiger partial charge is 0.256 e. The fourth-order valence-electron chi connectivity index (χ4n) is 7.40. The molecule has 1 heterocycles. The summed E-state index contributed by atoms with van der Waals surface area (Å²) in [6.07, 6.45) is 13.7. The molecule has 0 saturated heterocycles. The Bertz CT molecular complexity index is 2210. The van der Waals surface area contributed by atoms with Gasteiger partial charge in [0.1, 0.15) is 0 Å². The molecule has 0 fully saturated rings. The Balaban J connectivity index is 1.16. The van der Waals surface area contributed by atoms with Crippen LogP contribution in [0.2, 0.25) is 0 Å². The lowest BCUT2D eigenvalue weighted by atomic mass is 9.85. The van der Waals surface area contributed by atoms with E-state index in [-0.39, 0.29) is 10.8 Å². The summed E-state index contributed by atoms with van der Waals surface area (Å²) in [4.78, 5) is 4.74. The first kappa shape index (κ1) is 40.1. The molecule has 0 aliphatic heterocycles. The molecule has 1 heteroatoms. The van der Waals surface area contributed by atoms with Crippen LogP contribution in [0.5, 0.6) is 0 Å². The second-order valence-electron chi connectivity index (χ2n) is 17.3. The Hall–Kier alpha value is -5.53. The maximum atomic E-state index is 4.74. The van der Waals surface area contributed by atoms with Crippen molar-refractivity contribution in [2.75, 3.05) is 0 Å². The van der Waals surface area contributed by atoms with E-state index in [9.17, 15) is 0 Å². The van der Waals surface area contributed by atoms with Crippen molar-refractivity contribution in [3.05, 3.63) is 215 Å². The van der Waals surface area contributed by atoms with Gasteiger partial charge in [-0.2, -0.15) is 0 Å². The molecule has 56 heavy (non-hydrogen) atoms. The minimum atomic E-state index is 0.152. The lowest BCUT2D eigenvalue weighted by Crippen LogP contribution is -2.11. The van der Waals surface area contributed by atoms with E-state index in [0.29, 0.717) is 0 Å². The quantitative estimate of drug-likeness (QED) is 0.102. The molecule has 6 rings (SSSR count). The zero-order chi connectivity index (χ0) is 39.7. The van der Waals surface area contributed by atoms with Crippen molar-refractivity contribution < 1.29 is 0 Å². The van der Waals surface area contributed by atoms with Gasteiger partial charge >= 0.3 is 0 Å². The summed E-state index contributed by atoms with van der Waals surface area (Å²) < 4.78 is 0. The van der Waals surface area contributed by atoms with E-state index in [1.165, 1.54) is 44.5 Å². The van der Waals surface area contributed by atoms with Crippen molar-refractivity contribution in [3.63, 3.8) is 0 Å². The molecule has 0 N–H and O–H groups in total. The molecule has 6 aromatic rings. The number of rotatable bonds is 14. The Morgan fingerprint density at radius 2 is 0.964 bits per heavy atom. The zero-order valence-corrected chi connectivity index (χ0v) is 34.5. The molecular formula is C55H59N. The average Bonchev–Trinajstić information content (AvgIpc) is 3.20. The first-order chi connectivity index (χ1) is 26.9. The Morgan fingerprint density at radius 1 is 0.482 bits per heavy atom. The topological polar surface area (TPSA) is 12.9 Å². The summed E-state index contributed by atoms with van der Waals surface area (Å²) in [5.41, 5.74) is 18.2. The highest BCUT2D eigenvalue weighted by Crippen LogP contribution is 2.29. The molecule has 0 spiro atoms. The Labute approximate surface area is 337 Å². The molecule has 0 amide bonds. The number of aryl methyl sites for hydroxylation is 6. The minimum absolute atomic E-state index is 0.152. The average molecular weight is 734 g/mol. The van der Waals surface area contributed by atoms with Gasteiger partial charge in [0, 0.05) is 11.8 Å². The second-order valence-corrected chi connectivity index (χ2v) is 17.3. The van der Waals surface area contributed by atoms with E-state index in [2.05, 4.69) is 182 Å². The second kappa shape index (κ2) is 17.9. The molecule has 1 nitrogen and oxygen atoms in total. The molecule has 0 radical (unpaired) electrons. The molecule has 0 saturated carbocycles. The summed E-state index contributed by atoms with van der Waals surface area (Å²) in [7, 11) is 0. The van der Waals surface area contributed by atoms with E-state index in [4.69, 9.17) is 4.98 Å². The normalized spacial score (nSPS) is 12.1. The van der Waals surface area contributed by atoms with Crippen molar-refractivity contribution in [2.24, 2.45) is 0 Å². The van der Waals surface area contributed by atoms with Crippen molar-refractivity contribution in [1.82, 2.24) is 4.98 Å². The lowest BCUT2D eigenvalue weighted by Gasteiger charge is -2.20. The van der Waals surface area contributed by atoms with Crippen LogP contribution in [0.1, 0.15) is 91.6 Å². The third-order valence-corrected chi connectivity index (χ3v) is 10.9. The summed E-state index contributed by atoms with van der Waals surface area (Å²) in [5, 5.41) is 0. The number of benzene rings is 5. The van der Waals surface area contributed by atoms with Gasteiger partial charge in [0.2, 0.25) is 0 Å². The summed E-state index contributed by atoms with van der Waals surface area (Å²) in [6.45, 7) is 21.6. The third-order valence-electron chi connectivity index (χ3n) is 10.9. The highest BCUT2D eigenvalue weighted by atomic mass is 14.7. The monoisotopic (exact) mass is 733 g/mol. The number of nitrogens with zero attached hydrogens (tertiary/aromatic N) is 1. The van der Waals surface area contributed by atoms with Crippen LogP contribution >= 0.6 is 0 Å². The van der Waals surface area contributed by atoms with Crippen LogP contribution in [0.4, 0.5) is 0 Å². The van der Waals surface area contributed by atoms with Crippen LogP contribution in [0.25, 0.3) is 28.0 Å². The maximum absolute atomic E-state index is 4.74. The molecule has 284 valence electrons. The van der Waals surface area contributed by atoms with Crippen molar-refractivity contribution in [1.29, 1.82) is 0 Å². The van der Waals surface area contributed by atoms with Crippen molar-refractivity contribution >= 4 is 5.57 Å². The van der Waals surface area contributed by atoms with E-state index in [1.807, 2.05) is 18.3 Å². The fraction of sp³-hybridized carbons (Fsp3) is 0.255. The van der Waals surface area contributed by atoms with Crippen LogP contribution in [0.15, 0.2) is 165 Å². The Morgan fingerprint density at radius 3 is 1.45 bits per heavy atom. The van der Waals surface area contributed by atoms with Gasteiger partial charge in [-0.15, -0.1) is 0 Å². The molecule has 0 unspecified atom stereocenters. The van der Waals surface area contributed by atoms with E-state index in [0.717, 1.165) is 72.0 Å². The van der Waals surface area contributed by atoms with Gasteiger partial charge in [-0.25, -0.2) is 0 Å². The minimum Gasteiger partial charge on any atom is -0.256 e. The molecule has 0 aliphatic carbocycles. The Kier molecular flexibility index (Phi) is 12.9. The van der Waals surface area contributed by atoms with E-state index < -0.39 is 0 Å². The van der Waals surface area contributed by atoms with E-state index in [1.54, 1.807) is 6.08 Å². The molecule has 0 aliphatic rings. The standard InChI is InChI=1S/C55H59N/c1-9-13-46(10-2)47-28-30-48(31-29-47)50-32-33-56-53(39-50)49-26-24-40(25-27-49)18-21-43-34-44(22-19-41-14-11-16-51(37-41)54(3,4)5)36-45(35-43)23-20-42-15-12-17-52(38-42)55(6,7)8/h9-17,24-39H,1-2,18-23H2,3-8H3/b46-13+. The molecule has 1 aromatic heterocycles. The molecule has 0 bridgehead atoms. The smallest absolute Gasteiger partial charge is 0.0708 e. The number of allylic oxidation sites excluding steroid dienone is 4. The maximum Gasteiger partial charge on any atom is 0.0708 e. The van der Waals surface area contributed by atoms with Crippen LogP contribution < -0.4 is 0 Å². The number of hydrogen-bond acceptors (Lipinski definition) is 1. The first-order valence-electron chi connectivity index (χ1n) is 20.3. The lowest BCUT2D eigenvalue weighted by molar-refractivity contribution is 0.589. The summed E-state index contributed by atoms with van der Waals surface area (Å²) in [5.74, 6) is 0. The SMILES string of the molecule is C=C/C=C(\C=C)c1ccc(-c2ccnc(-c3ccc(CCc4cc(CCc5cccc(C(C)(C)C)c5)cc(CCc5cccc(C(C)(C)C)c5)c4)cc3)c2)cc1. The highest BCUT2D eigenvalue weighted by Gasteiger charge is 2.15. The number of aromatic nitrogens is 1. The van der Waals surface area contributed by atoms with Crippen LogP contribution in [-0.2, 0) is 49.4 Å². The zero-order valence-electron chi connectivity index (χ0n) is 34.5. The summed E-state index contributed by atoms with van der Waals surface area (Å²) >= 11 is 0. The van der Waals surface area contributed by atoms with Gasteiger partial charge in [0.25, 0.3) is 0 Å². The van der Waals surface area contributed by atoms with Gasteiger partial charge in [-0.1, -0.05) is 188 Å². The summed E-state index contributed by atoms with van der Waals surface area (Å²) in [6, 6.07) is 47.6. The van der Waals surface area contributed by atoms with Crippen molar-refractivity contribution in [3.8, 4) is 22.4 Å².